The van der Waals surface area contributed by atoms with Gasteiger partial charge in [0.1, 0.15) is 5.75 Å². The van der Waals surface area contributed by atoms with E-state index in [9.17, 15) is 14.7 Å². The summed E-state index contributed by atoms with van der Waals surface area (Å²) in [6.07, 6.45) is 8.33. The molecule has 1 aromatic rings. The van der Waals surface area contributed by atoms with Gasteiger partial charge in [0.15, 0.2) is 8.32 Å². The van der Waals surface area contributed by atoms with Crippen molar-refractivity contribution in [3.63, 3.8) is 0 Å². The summed E-state index contributed by atoms with van der Waals surface area (Å²) in [5, 5.41) is 19.6. The number of ether oxygens (including phenoxy) is 2. The Balaban J connectivity index is 2.05. The monoisotopic (exact) mass is 492 g/mol. The van der Waals surface area contributed by atoms with Crippen LogP contribution in [0.25, 0.3) is 0 Å². The van der Waals surface area contributed by atoms with Crippen LogP contribution >= 0.6 is 0 Å². The van der Waals surface area contributed by atoms with Gasteiger partial charge in [0.05, 0.1) is 25.9 Å². The van der Waals surface area contributed by atoms with Crippen molar-refractivity contribution in [2.75, 3.05) is 7.11 Å². The van der Waals surface area contributed by atoms with Crippen molar-refractivity contribution >= 4 is 14.3 Å². The summed E-state index contributed by atoms with van der Waals surface area (Å²) >= 11 is 0. The zero-order valence-corrected chi connectivity index (χ0v) is 22.5. The van der Waals surface area contributed by atoms with Crippen molar-refractivity contribution in [2.45, 2.75) is 95.7 Å². The minimum Gasteiger partial charge on any atom is -0.497 e. The van der Waals surface area contributed by atoms with Crippen molar-refractivity contribution in [3.05, 3.63) is 42.0 Å². The van der Waals surface area contributed by atoms with E-state index in [1.165, 1.54) is 0 Å². The van der Waals surface area contributed by atoms with Crippen LogP contribution in [0.5, 0.6) is 5.75 Å². The van der Waals surface area contributed by atoms with E-state index in [2.05, 4.69) is 19.9 Å². The summed E-state index contributed by atoms with van der Waals surface area (Å²) in [4.78, 5) is 21.4. The minimum absolute atomic E-state index is 0.0400. The zero-order valence-electron chi connectivity index (χ0n) is 21.5. The van der Waals surface area contributed by atoms with Gasteiger partial charge in [-0.25, -0.2) is 0 Å². The van der Waals surface area contributed by atoms with E-state index in [4.69, 9.17) is 14.6 Å². The molecule has 0 aromatic heterocycles. The van der Waals surface area contributed by atoms with Gasteiger partial charge in [-0.05, 0) is 79.8 Å². The normalized spacial score (nSPS) is 23.5. The molecule has 1 fully saturated rings. The van der Waals surface area contributed by atoms with Crippen LogP contribution in [0.1, 0.15) is 64.4 Å². The predicted octanol–water partition coefficient (Wildman–Crippen LogP) is 5.54. The van der Waals surface area contributed by atoms with Gasteiger partial charge in [0.25, 0.3) is 0 Å². The fourth-order valence-corrected chi connectivity index (χ4v) is 5.33. The third-order valence-electron chi connectivity index (χ3n) is 7.71. The van der Waals surface area contributed by atoms with Gasteiger partial charge in [-0.3, -0.25) is 4.79 Å². The number of allylic oxidation sites excluding steroid dienone is 2. The molecule has 2 rings (SSSR count). The molecule has 0 spiro atoms. The third kappa shape index (κ3) is 8.52. The number of hydrogen-bond acceptors (Lipinski definition) is 5. The molecular formula is C27H44O6Si. The minimum atomic E-state index is -2.32. The first-order chi connectivity index (χ1) is 15.9. The van der Waals surface area contributed by atoms with E-state index in [1.807, 2.05) is 43.4 Å². The molecule has 1 aliphatic rings. The van der Waals surface area contributed by atoms with E-state index in [0.717, 1.165) is 37.0 Å². The molecule has 3 N–H and O–H groups in total. The first-order valence-electron chi connectivity index (χ1n) is 12.5. The lowest BCUT2D eigenvalue weighted by Gasteiger charge is -2.37. The van der Waals surface area contributed by atoms with Gasteiger partial charge in [-0.1, -0.05) is 38.1 Å². The van der Waals surface area contributed by atoms with Crippen molar-refractivity contribution in [2.24, 2.45) is 11.8 Å². The quantitative estimate of drug-likeness (QED) is 0.179. The number of carboxylic acid groups (broad SMARTS) is 1. The van der Waals surface area contributed by atoms with Crippen LogP contribution in [0.3, 0.4) is 0 Å². The van der Waals surface area contributed by atoms with Crippen molar-refractivity contribution in [3.8, 4) is 5.75 Å². The fraction of sp³-hybridized carbons (Fsp3) is 0.667. The van der Waals surface area contributed by atoms with E-state index < -0.39 is 20.4 Å². The smallest absolute Gasteiger partial charge is 0.303 e. The second kappa shape index (κ2) is 12.9. The highest BCUT2D eigenvalue weighted by atomic mass is 28.4. The van der Waals surface area contributed by atoms with Crippen LogP contribution in [0.15, 0.2) is 36.4 Å². The van der Waals surface area contributed by atoms with Crippen LogP contribution in [-0.2, 0) is 16.1 Å². The fourth-order valence-electron chi connectivity index (χ4n) is 4.57. The predicted molar refractivity (Wildman–Crippen MR) is 137 cm³/mol. The molecule has 0 saturated heterocycles. The van der Waals surface area contributed by atoms with Crippen LogP contribution in [0.4, 0.5) is 0 Å². The van der Waals surface area contributed by atoms with E-state index in [1.54, 1.807) is 7.11 Å². The maximum atomic E-state index is 10.9. The van der Waals surface area contributed by atoms with Gasteiger partial charge in [-0.15, -0.1) is 0 Å². The first kappa shape index (κ1) is 28.6. The molecule has 4 atom stereocenters. The number of aliphatic hydroxyl groups is 1. The van der Waals surface area contributed by atoms with Gasteiger partial charge in [-0.2, -0.15) is 0 Å². The lowest BCUT2D eigenvalue weighted by molar-refractivity contribution is -0.137. The van der Waals surface area contributed by atoms with Crippen molar-refractivity contribution < 1.29 is 29.3 Å². The number of methoxy groups -OCH3 is 1. The molecule has 34 heavy (non-hydrogen) atoms. The molecule has 0 unspecified atom stereocenters. The number of carboxylic acids is 1. The number of unbranched alkanes of at least 4 members (excludes halogenated alkanes) is 1. The number of carbonyl (C=O) groups is 1. The Morgan fingerprint density at radius 3 is 2.44 bits per heavy atom. The Kier molecular flexibility index (Phi) is 10.8. The first-order valence-corrected chi connectivity index (χ1v) is 15.4. The van der Waals surface area contributed by atoms with Crippen molar-refractivity contribution in [1.29, 1.82) is 0 Å². The Bertz CT molecular complexity index is 783. The summed E-state index contributed by atoms with van der Waals surface area (Å²) < 4.78 is 11.6. The summed E-state index contributed by atoms with van der Waals surface area (Å²) in [5.74, 6) is 0.337. The van der Waals surface area contributed by atoms with E-state index in [0.29, 0.717) is 19.4 Å². The summed E-state index contributed by atoms with van der Waals surface area (Å²) in [6, 6.07) is 7.85. The second-order valence-corrected chi connectivity index (χ2v) is 15.3. The van der Waals surface area contributed by atoms with Gasteiger partial charge >= 0.3 is 5.97 Å². The maximum Gasteiger partial charge on any atom is 0.303 e. The molecule has 6 nitrogen and oxygen atoms in total. The molecule has 1 aromatic carbocycles. The molecule has 0 aliphatic heterocycles. The van der Waals surface area contributed by atoms with E-state index in [-0.39, 0.29) is 29.4 Å². The molecule has 0 bridgehead atoms. The molecule has 7 heteroatoms. The number of aliphatic carboxylic acids is 1. The topological polar surface area (TPSA) is 96.2 Å². The Morgan fingerprint density at radius 1 is 1.18 bits per heavy atom. The Hall–Kier alpha value is -1.67. The number of benzene rings is 1. The molecular weight excluding hydrogens is 448 g/mol. The maximum absolute atomic E-state index is 10.9. The lowest BCUT2D eigenvalue weighted by atomic mass is 9.85. The Morgan fingerprint density at radius 2 is 1.85 bits per heavy atom. The standard InChI is InChI=1S/C27H44O6Si/c1-27(2,34(4,5)31)17-16-23-22(10-8-6-7-9-11-26(29)30)24(28)18-25(23)33-19-20-12-14-21(32-3)15-13-20/h6,8,12-15,22-25,28,31H,7,9-11,16-19H2,1-5H3,(H,29,30)/b8-6-/t22-,23-,24+,25-/m1/s1. The number of rotatable bonds is 14. The number of hydrogen-bond donors (Lipinski definition) is 3. The van der Waals surface area contributed by atoms with Crippen LogP contribution in [0.2, 0.25) is 18.1 Å². The molecule has 0 heterocycles. The summed E-state index contributed by atoms with van der Waals surface area (Å²) in [5.41, 5.74) is 1.07. The van der Waals surface area contributed by atoms with Gasteiger partial charge in [0, 0.05) is 12.8 Å². The van der Waals surface area contributed by atoms with Crippen molar-refractivity contribution in [1.82, 2.24) is 0 Å². The van der Waals surface area contributed by atoms with E-state index >= 15 is 0 Å². The van der Waals surface area contributed by atoms with Crippen LogP contribution < -0.4 is 4.74 Å². The van der Waals surface area contributed by atoms with Crippen LogP contribution in [-0.4, -0.2) is 48.6 Å². The van der Waals surface area contributed by atoms with Gasteiger partial charge in [0.2, 0.25) is 0 Å². The Labute approximate surface area is 206 Å². The summed E-state index contributed by atoms with van der Waals surface area (Å²) in [6.45, 7) is 8.76. The molecule has 0 amide bonds. The largest absolute Gasteiger partial charge is 0.497 e. The highest BCUT2D eigenvalue weighted by Gasteiger charge is 2.45. The number of aliphatic hydroxyl groups excluding tert-OH is 1. The van der Waals surface area contributed by atoms with Gasteiger partial charge < -0.3 is 24.5 Å². The van der Waals surface area contributed by atoms with Crippen LogP contribution in [0, 0.1) is 11.8 Å². The zero-order chi connectivity index (χ0) is 25.4. The second-order valence-electron chi connectivity index (χ2n) is 10.8. The SMILES string of the molecule is COc1ccc(CO[C@@H]2C[C@H](O)[C@H](C/C=C\CCCC(=O)O)[C@H]2CCC(C)(C)[Si](C)(C)O)cc1. The average molecular weight is 493 g/mol. The lowest BCUT2D eigenvalue weighted by Crippen LogP contribution is -2.39. The summed E-state index contributed by atoms with van der Waals surface area (Å²) in [7, 11) is -0.677. The molecule has 1 aliphatic carbocycles. The molecule has 192 valence electrons. The highest BCUT2D eigenvalue weighted by molar-refractivity contribution is 6.72. The highest BCUT2D eigenvalue weighted by Crippen LogP contribution is 2.46. The molecule has 1 saturated carbocycles. The average Bonchev–Trinajstić information content (AvgIpc) is 3.07. The third-order valence-corrected chi connectivity index (χ3v) is 11.3. The molecule has 0 radical (unpaired) electrons.